The van der Waals surface area contributed by atoms with Crippen LogP contribution in [0.15, 0.2) is 0 Å². The number of hydrogen-bond donors (Lipinski definition) is 2. The van der Waals surface area contributed by atoms with Gasteiger partial charge in [-0.3, -0.25) is 4.79 Å². The van der Waals surface area contributed by atoms with E-state index < -0.39 is 16.8 Å². The van der Waals surface area contributed by atoms with Gasteiger partial charge in [0.15, 0.2) is 5.78 Å². The van der Waals surface area contributed by atoms with E-state index >= 15 is 0 Å². The third-order valence-corrected chi connectivity index (χ3v) is 4.95. The largest absolute Gasteiger partial charge is 0.390 e. The topological polar surface area (TPSA) is 66.8 Å². The molecule has 2 unspecified atom stereocenters. The van der Waals surface area contributed by atoms with Crippen molar-refractivity contribution in [2.24, 2.45) is 5.92 Å². The molecule has 4 bridgehead atoms. The molecule has 0 saturated heterocycles. The van der Waals surface area contributed by atoms with Crippen molar-refractivity contribution in [1.82, 2.24) is 0 Å². The van der Waals surface area contributed by atoms with Crippen molar-refractivity contribution in [1.29, 1.82) is 0 Å². The average molecular weight is 275 g/mol. The minimum absolute atomic E-state index is 0.0115. The van der Waals surface area contributed by atoms with Crippen molar-refractivity contribution in [3.63, 3.8) is 0 Å². The molecular weight excluding hydrogens is 256 g/mol. The number of ether oxygens (including phenoxy) is 1. The van der Waals surface area contributed by atoms with E-state index in [2.05, 4.69) is 0 Å². The summed E-state index contributed by atoms with van der Waals surface area (Å²) in [6, 6.07) is 0. The molecule has 0 amide bonds. The van der Waals surface area contributed by atoms with E-state index in [1.807, 2.05) is 0 Å². The Hall–Kier alpha value is -0.160. The average Bonchev–Trinajstić information content (AvgIpc) is 2.21. The van der Waals surface area contributed by atoms with E-state index in [0.717, 1.165) is 19.3 Å². The number of hydrogen-bond acceptors (Lipinski definition) is 4. The van der Waals surface area contributed by atoms with Crippen LogP contribution in [0.2, 0.25) is 0 Å². The Bertz CT molecular complexity index is 365. The van der Waals surface area contributed by atoms with E-state index in [-0.39, 0.29) is 18.3 Å². The van der Waals surface area contributed by atoms with Gasteiger partial charge in [0.05, 0.1) is 22.7 Å². The monoisotopic (exact) mass is 274 g/mol. The van der Waals surface area contributed by atoms with Gasteiger partial charge in [-0.1, -0.05) is 0 Å². The zero-order valence-corrected chi connectivity index (χ0v) is 11.1. The number of carbonyl (C=O) groups is 1. The second kappa shape index (κ2) is 3.92. The predicted molar refractivity (Wildman–Crippen MR) is 65.5 cm³/mol. The third kappa shape index (κ3) is 2.09. The molecule has 0 spiro atoms. The number of aliphatic hydroxyl groups is 2. The molecule has 0 aromatic carbocycles. The van der Waals surface area contributed by atoms with E-state index in [9.17, 15) is 15.0 Å². The first-order chi connectivity index (χ1) is 8.36. The van der Waals surface area contributed by atoms with Crippen LogP contribution in [0.1, 0.15) is 38.5 Å². The number of rotatable bonds is 4. The van der Waals surface area contributed by atoms with Crippen LogP contribution < -0.4 is 0 Å². The summed E-state index contributed by atoms with van der Waals surface area (Å²) in [5.74, 6) is 0.113. The van der Waals surface area contributed by atoms with Crippen LogP contribution in [0.25, 0.3) is 0 Å². The van der Waals surface area contributed by atoms with Gasteiger partial charge >= 0.3 is 0 Å². The van der Waals surface area contributed by atoms with Crippen molar-refractivity contribution in [2.45, 2.75) is 55.3 Å². The van der Waals surface area contributed by atoms with Gasteiger partial charge in [0.1, 0.15) is 6.61 Å². The molecule has 4 saturated carbocycles. The first-order valence-electron chi connectivity index (χ1n) is 6.53. The summed E-state index contributed by atoms with van der Waals surface area (Å²) in [5, 5.41) is 21.0. The molecule has 0 aliphatic heterocycles. The minimum Gasteiger partial charge on any atom is -0.390 e. The van der Waals surface area contributed by atoms with Gasteiger partial charge in [0.2, 0.25) is 0 Å². The molecule has 2 N–H and O–H groups in total. The van der Waals surface area contributed by atoms with Crippen LogP contribution >= 0.6 is 11.6 Å². The van der Waals surface area contributed by atoms with E-state index in [1.54, 1.807) is 0 Å². The lowest BCUT2D eigenvalue weighted by Gasteiger charge is -2.62. The summed E-state index contributed by atoms with van der Waals surface area (Å²) in [6.07, 6.45) is 3.87. The second-order valence-corrected chi connectivity index (χ2v) is 6.87. The Balaban J connectivity index is 1.78. The van der Waals surface area contributed by atoms with Gasteiger partial charge < -0.3 is 14.9 Å². The molecule has 4 aliphatic rings. The summed E-state index contributed by atoms with van der Waals surface area (Å²) in [4.78, 5) is 11.3. The number of carbonyl (C=O) groups excluding carboxylic acids is 1. The maximum Gasteiger partial charge on any atom is 0.173 e. The summed E-state index contributed by atoms with van der Waals surface area (Å²) < 4.78 is 5.77. The van der Waals surface area contributed by atoms with Crippen molar-refractivity contribution in [3.05, 3.63) is 0 Å². The fourth-order valence-corrected chi connectivity index (χ4v) is 4.76. The first kappa shape index (κ1) is 12.9. The fraction of sp³-hybridized carbons (Fsp3) is 0.923. The summed E-state index contributed by atoms with van der Waals surface area (Å²) in [7, 11) is 0. The van der Waals surface area contributed by atoms with Crippen molar-refractivity contribution >= 4 is 17.4 Å². The lowest BCUT2D eigenvalue weighted by Crippen LogP contribution is -2.66. The summed E-state index contributed by atoms with van der Waals surface area (Å²) in [6.45, 7) is -0.0115. The van der Waals surface area contributed by atoms with Gasteiger partial charge in [0, 0.05) is 19.3 Å². The van der Waals surface area contributed by atoms with Crippen LogP contribution in [0.5, 0.6) is 0 Å². The van der Waals surface area contributed by atoms with Crippen LogP contribution in [0, 0.1) is 5.92 Å². The highest BCUT2D eigenvalue weighted by atomic mass is 35.5. The van der Waals surface area contributed by atoms with Crippen molar-refractivity contribution in [2.75, 3.05) is 12.5 Å². The first-order valence-corrected chi connectivity index (χ1v) is 7.06. The molecule has 2 atom stereocenters. The SMILES string of the molecule is O=C(CCl)COC12CC3CC(O)(CC(O)(C3)C1)C2. The highest BCUT2D eigenvalue weighted by molar-refractivity contribution is 6.27. The smallest absolute Gasteiger partial charge is 0.173 e. The second-order valence-electron chi connectivity index (χ2n) is 6.60. The molecule has 0 aromatic heterocycles. The van der Waals surface area contributed by atoms with Gasteiger partial charge in [0.25, 0.3) is 0 Å². The Morgan fingerprint density at radius 3 is 2.28 bits per heavy atom. The van der Waals surface area contributed by atoms with Crippen LogP contribution in [-0.4, -0.2) is 45.3 Å². The van der Waals surface area contributed by atoms with Crippen molar-refractivity contribution < 1.29 is 19.7 Å². The molecule has 4 rings (SSSR count). The Morgan fingerprint density at radius 2 is 1.78 bits per heavy atom. The summed E-state index contributed by atoms with van der Waals surface area (Å²) in [5.41, 5.74) is -2.14. The normalized spacial score (nSPS) is 49.6. The van der Waals surface area contributed by atoms with Gasteiger partial charge in [-0.25, -0.2) is 0 Å². The van der Waals surface area contributed by atoms with Crippen LogP contribution in [-0.2, 0) is 9.53 Å². The molecule has 102 valence electrons. The number of ketones is 1. The lowest BCUT2D eigenvalue weighted by atomic mass is 9.50. The molecule has 0 heterocycles. The van der Waals surface area contributed by atoms with E-state index in [4.69, 9.17) is 16.3 Å². The Labute approximate surface area is 111 Å². The maximum absolute atomic E-state index is 11.3. The third-order valence-electron chi connectivity index (χ3n) is 4.65. The molecule has 5 heteroatoms. The van der Waals surface area contributed by atoms with Crippen LogP contribution in [0.4, 0.5) is 0 Å². The molecule has 4 nitrogen and oxygen atoms in total. The Kier molecular flexibility index (Phi) is 2.80. The standard InChI is InChI=1S/C13H19ClO4/c14-4-10(15)5-18-13-3-9-1-11(16,7-13)6-12(17,2-9)8-13/h9,16-17H,1-8H2. The molecular formula is C13H19ClO4. The maximum atomic E-state index is 11.3. The minimum atomic E-state index is -0.807. The molecule has 0 aromatic rings. The highest BCUT2D eigenvalue weighted by Gasteiger charge is 2.63. The van der Waals surface area contributed by atoms with E-state index in [1.165, 1.54) is 0 Å². The van der Waals surface area contributed by atoms with Gasteiger partial charge in [-0.2, -0.15) is 0 Å². The molecule has 0 radical (unpaired) electrons. The predicted octanol–water partition coefficient (Wildman–Crippen LogP) is 1.01. The molecule has 4 aliphatic carbocycles. The summed E-state index contributed by atoms with van der Waals surface area (Å²) >= 11 is 5.46. The quantitative estimate of drug-likeness (QED) is 0.751. The zero-order chi connectivity index (χ0) is 13.0. The fourth-order valence-electron chi connectivity index (χ4n) is 4.68. The highest BCUT2D eigenvalue weighted by Crippen LogP contribution is 2.60. The lowest BCUT2D eigenvalue weighted by molar-refractivity contribution is -0.266. The van der Waals surface area contributed by atoms with Gasteiger partial charge in [-0.15, -0.1) is 11.6 Å². The zero-order valence-electron chi connectivity index (χ0n) is 10.3. The van der Waals surface area contributed by atoms with Gasteiger partial charge in [-0.05, 0) is 25.2 Å². The molecule has 18 heavy (non-hydrogen) atoms. The van der Waals surface area contributed by atoms with Crippen molar-refractivity contribution in [3.8, 4) is 0 Å². The number of alkyl halides is 1. The van der Waals surface area contributed by atoms with Crippen LogP contribution in [0.3, 0.4) is 0 Å². The van der Waals surface area contributed by atoms with E-state index in [0.29, 0.717) is 25.2 Å². The number of Topliss-reactive ketones (excluding diaryl/α,β-unsaturated/α-hetero) is 1. The molecule has 4 fully saturated rings. The Morgan fingerprint density at radius 1 is 1.17 bits per heavy atom. The number of halogens is 1.